The van der Waals surface area contributed by atoms with E-state index in [4.69, 9.17) is 0 Å². The minimum absolute atomic E-state index is 0.00690. The van der Waals surface area contributed by atoms with Gasteiger partial charge in [-0.15, -0.1) is 5.10 Å². The maximum absolute atomic E-state index is 13.4. The summed E-state index contributed by atoms with van der Waals surface area (Å²) in [5.74, 6) is -0.264. The Hall–Kier alpha value is -1.75. The van der Waals surface area contributed by atoms with Gasteiger partial charge in [-0.2, -0.15) is 0 Å². The standard InChI is InChI=1S/C14H19FN4/c1-10-5-11(15)7-12(6-10)19-13(9-17-18-19)8-16-14(2,3)4/h5-7,9,16H,8H2,1-4H3. The minimum Gasteiger partial charge on any atom is -0.306 e. The van der Waals surface area contributed by atoms with Crippen LogP contribution in [0.2, 0.25) is 0 Å². The molecule has 0 bridgehead atoms. The topological polar surface area (TPSA) is 42.7 Å². The summed E-state index contributed by atoms with van der Waals surface area (Å²) in [6, 6.07) is 4.84. The van der Waals surface area contributed by atoms with E-state index >= 15 is 0 Å². The Labute approximate surface area is 112 Å². The molecule has 0 amide bonds. The summed E-state index contributed by atoms with van der Waals surface area (Å²) in [5, 5.41) is 11.3. The molecule has 0 saturated carbocycles. The van der Waals surface area contributed by atoms with Gasteiger partial charge in [0.25, 0.3) is 0 Å². The van der Waals surface area contributed by atoms with Gasteiger partial charge in [-0.05, 0) is 51.5 Å². The van der Waals surface area contributed by atoms with Gasteiger partial charge >= 0.3 is 0 Å². The predicted molar refractivity (Wildman–Crippen MR) is 72.6 cm³/mol. The van der Waals surface area contributed by atoms with Gasteiger partial charge in [0.1, 0.15) is 5.82 Å². The molecule has 5 heteroatoms. The van der Waals surface area contributed by atoms with E-state index in [1.807, 2.05) is 13.0 Å². The lowest BCUT2D eigenvalue weighted by atomic mass is 10.1. The summed E-state index contributed by atoms with van der Waals surface area (Å²) < 4.78 is 15.1. The second kappa shape index (κ2) is 5.09. The molecular weight excluding hydrogens is 243 g/mol. The first-order valence-electron chi connectivity index (χ1n) is 6.27. The van der Waals surface area contributed by atoms with Crippen molar-refractivity contribution in [2.24, 2.45) is 0 Å². The molecule has 0 unspecified atom stereocenters. The molecule has 0 saturated heterocycles. The van der Waals surface area contributed by atoms with Crippen molar-refractivity contribution in [3.8, 4) is 5.69 Å². The van der Waals surface area contributed by atoms with Crippen molar-refractivity contribution >= 4 is 0 Å². The van der Waals surface area contributed by atoms with Gasteiger partial charge in [0.15, 0.2) is 0 Å². The monoisotopic (exact) mass is 262 g/mol. The number of aromatic nitrogens is 3. The van der Waals surface area contributed by atoms with Crippen molar-refractivity contribution in [1.82, 2.24) is 20.3 Å². The number of hydrogen-bond donors (Lipinski definition) is 1. The molecule has 19 heavy (non-hydrogen) atoms. The molecular formula is C14H19FN4. The number of benzene rings is 1. The van der Waals surface area contributed by atoms with Gasteiger partial charge in [-0.3, -0.25) is 0 Å². The zero-order chi connectivity index (χ0) is 14.0. The summed E-state index contributed by atoms with van der Waals surface area (Å²) in [6.45, 7) is 8.76. The van der Waals surface area contributed by atoms with Crippen LogP contribution in [-0.2, 0) is 6.54 Å². The van der Waals surface area contributed by atoms with E-state index in [9.17, 15) is 4.39 Å². The third-order valence-corrected chi connectivity index (χ3v) is 2.69. The van der Waals surface area contributed by atoms with E-state index in [-0.39, 0.29) is 11.4 Å². The van der Waals surface area contributed by atoms with Gasteiger partial charge in [0, 0.05) is 12.1 Å². The molecule has 1 aromatic heterocycles. The lowest BCUT2D eigenvalue weighted by molar-refractivity contribution is 0.418. The average Bonchev–Trinajstić information content (AvgIpc) is 2.72. The average molecular weight is 262 g/mol. The number of hydrogen-bond acceptors (Lipinski definition) is 3. The molecule has 0 fully saturated rings. The number of nitrogens with zero attached hydrogens (tertiary/aromatic N) is 3. The van der Waals surface area contributed by atoms with Crippen molar-refractivity contribution in [2.45, 2.75) is 39.8 Å². The summed E-state index contributed by atoms with van der Waals surface area (Å²) in [4.78, 5) is 0. The van der Waals surface area contributed by atoms with Crippen molar-refractivity contribution in [2.75, 3.05) is 0 Å². The highest BCUT2D eigenvalue weighted by atomic mass is 19.1. The van der Waals surface area contributed by atoms with Crippen molar-refractivity contribution in [3.05, 3.63) is 41.5 Å². The van der Waals surface area contributed by atoms with Gasteiger partial charge in [0.2, 0.25) is 0 Å². The van der Waals surface area contributed by atoms with Crippen LogP contribution >= 0.6 is 0 Å². The number of rotatable bonds is 3. The van der Waals surface area contributed by atoms with Crippen LogP contribution < -0.4 is 5.32 Å². The van der Waals surface area contributed by atoms with Crippen LogP contribution in [0.3, 0.4) is 0 Å². The van der Waals surface area contributed by atoms with E-state index in [0.29, 0.717) is 12.2 Å². The van der Waals surface area contributed by atoms with Crippen LogP contribution in [0.4, 0.5) is 4.39 Å². The quantitative estimate of drug-likeness (QED) is 0.924. The molecule has 0 radical (unpaired) electrons. The predicted octanol–water partition coefficient (Wildman–Crippen LogP) is 2.60. The first-order chi connectivity index (χ1) is 8.85. The van der Waals surface area contributed by atoms with Crippen LogP contribution in [0.1, 0.15) is 32.0 Å². The zero-order valence-electron chi connectivity index (χ0n) is 11.7. The molecule has 0 aliphatic heterocycles. The molecule has 1 heterocycles. The highest BCUT2D eigenvalue weighted by molar-refractivity contribution is 5.36. The molecule has 1 aromatic carbocycles. The fraction of sp³-hybridized carbons (Fsp3) is 0.429. The van der Waals surface area contributed by atoms with E-state index in [0.717, 1.165) is 11.3 Å². The number of halogens is 1. The molecule has 102 valence electrons. The summed E-state index contributed by atoms with van der Waals surface area (Å²) in [6.07, 6.45) is 1.69. The second-order valence-electron chi connectivity index (χ2n) is 5.73. The van der Waals surface area contributed by atoms with Gasteiger partial charge in [0.05, 0.1) is 17.6 Å². The molecule has 2 aromatic rings. The number of aryl methyl sites for hydroxylation is 1. The van der Waals surface area contributed by atoms with E-state index in [1.54, 1.807) is 10.9 Å². The molecule has 0 atom stereocenters. The Balaban J connectivity index is 2.28. The summed E-state index contributed by atoms with van der Waals surface area (Å²) in [7, 11) is 0. The molecule has 0 spiro atoms. The van der Waals surface area contributed by atoms with E-state index in [1.165, 1.54) is 12.1 Å². The first-order valence-corrected chi connectivity index (χ1v) is 6.27. The fourth-order valence-electron chi connectivity index (χ4n) is 1.79. The van der Waals surface area contributed by atoms with Crippen LogP contribution in [0.25, 0.3) is 5.69 Å². The van der Waals surface area contributed by atoms with Crippen LogP contribution in [0.15, 0.2) is 24.4 Å². The fourth-order valence-corrected chi connectivity index (χ4v) is 1.79. The highest BCUT2D eigenvalue weighted by Crippen LogP contribution is 2.14. The van der Waals surface area contributed by atoms with Gasteiger partial charge in [-0.25, -0.2) is 9.07 Å². The van der Waals surface area contributed by atoms with Crippen LogP contribution in [-0.4, -0.2) is 20.5 Å². The maximum Gasteiger partial charge on any atom is 0.125 e. The smallest absolute Gasteiger partial charge is 0.125 e. The maximum atomic E-state index is 13.4. The van der Waals surface area contributed by atoms with Crippen molar-refractivity contribution < 1.29 is 4.39 Å². The third-order valence-electron chi connectivity index (χ3n) is 2.69. The normalized spacial score (nSPS) is 11.8. The summed E-state index contributed by atoms with van der Waals surface area (Å²) >= 11 is 0. The molecule has 0 aliphatic rings. The molecule has 2 rings (SSSR count). The van der Waals surface area contributed by atoms with E-state index in [2.05, 4.69) is 36.4 Å². The first kappa shape index (κ1) is 13.7. The second-order valence-corrected chi connectivity index (χ2v) is 5.73. The third kappa shape index (κ3) is 3.61. The highest BCUT2D eigenvalue weighted by Gasteiger charge is 2.12. The Morgan fingerprint density at radius 1 is 1.26 bits per heavy atom. The van der Waals surface area contributed by atoms with Crippen molar-refractivity contribution in [1.29, 1.82) is 0 Å². The Kier molecular flexibility index (Phi) is 3.66. The van der Waals surface area contributed by atoms with Crippen LogP contribution in [0, 0.1) is 12.7 Å². The van der Waals surface area contributed by atoms with Gasteiger partial charge in [-0.1, -0.05) is 5.21 Å². The molecule has 4 nitrogen and oxygen atoms in total. The van der Waals surface area contributed by atoms with Gasteiger partial charge < -0.3 is 5.32 Å². The minimum atomic E-state index is -0.264. The zero-order valence-corrected chi connectivity index (χ0v) is 11.7. The lowest BCUT2D eigenvalue weighted by Gasteiger charge is -2.20. The summed E-state index contributed by atoms with van der Waals surface area (Å²) in [5.41, 5.74) is 2.47. The molecule has 0 aliphatic carbocycles. The Bertz CT molecular complexity index is 549. The molecule has 1 N–H and O–H groups in total. The Morgan fingerprint density at radius 3 is 2.63 bits per heavy atom. The van der Waals surface area contributed by atoms with Crippen molar-refractivity contribution in [3.63, 3.8) is 0 Å². The SMILES string of the molecule is Cc1cc(F)cc(-n2nncc2CNC(C)(C)C)c1. The van der Waals surface area contributed by atoms with Crippen LogP contribution in [0.5, 0.6) is 0 Å². The number of nitrogens with one attached hydrogen (secondary N) is 1. The van der Waals surface area contributed by atoms with E-state index < -0.39 is 0 Å². The largest absolute Gasteiger partial charge is 0.306 e. The Morgan fingerprint density at radius 2 is 2.00 bits per heavy atom. The lowest BCUT2D eigenvalue weighted by Crippen LogP contribution is -2.35.